The van der Waals surface area contributed by atoms with Crippen molar-refractivity contribution in [3.05, 3.63) is 74.0 Å². The molecule has 1 aromatic carbocycles. The van der Waals surface area contributed by atoms with Gasteiger partial charge in [-0.3, -0.25) is 4.79 Å². The van der Waals surface area contributed by atoms with Crippen LogP contribution in [0.4, 0.5) is 0 Å². The van der Waals surface area contributed by atoms with Crippen LogP contribution in [0.5, 0.6) is 5.75 Å². The Morgan fingerprint density at radius 2 is 2.10 bits per heavy atom. The van der Waals surface area contributed by atoms with Crippen molar-refractivity contribution in [2.24, 2.45) is 5.73 Å². The molecule has 30 heavy (non-hydrogen) atoms. The number of allylic oxidation sites excluding steroid dienone is 1. The normalized spacial score (nSPS) is 20.6. The van der Waals surface area contributed by atoms with Crippen molar-refractivity contribution >= 4 is 11.6 Å². The van der Waals surface area contributed by atoms with Crippen molar-refractivity contribution in [1.82, 2.24) is 4.57 Å². The Hall–Kier alpha value is -2.75. The Kier molecular flexibility index (Phi) is 5.85. The standard InChI is InChI=1S/C23H24ClN3O3/c1-2-4-16-11-19-21(23(28)27(16)13-17-5-3-10-29-17)20(18(12-25)22(26)30-19)14-6-8-15(24)9-7-14/h6-9,11,17,20H,2-5,10,13,26H2,1H3. The topological polar surface area (TPSA) is 90.3 Å². The molecule has 2 atom stereocenters. The third kappa shape index (κ3) is 3.71. The summed E-state index contributed by atoms with van der Waals surface area (Å²) in [5.41, 5.74) is 8.25. The quantitative estimate of drug-likeness (QED) is 0.785. The highest BCUT2D eigenvalue weighted by Gasteiger charge is 2.35. The number of aromatic nitrogens is 1. The molecule has 6 nitrogen and oxygen atoms in total. The van der Waals surface area contributed by atoms with E-state index in [4.69, 9.17) is 26.8 Å². The van der Waals surface area contributed by atoms with Gasteiger partial charge < -0.3 is 19.8 Å². The maximum absolute atomic E-state index is 13.7. The molecule has 0 radical (unpaired) electrons. The number of hydrogen-bond donors (Lipinski definition) is 1. The summed E-state index contributed by atoms with van der Waals surface area (Å²) in [5, 5.41) is 10.4. The summed E-state index contributed by atoms with van der Waals surface area (Å²) in [7, 11) is 0. The summed E-state index contributed by atoms with van der Waals surface area (Å²) in [6.45, 7) is 3.29. The van der Waals surface area contributed by atoms with Gasteiger partial charge in [-0.25, -0.2) is 0 Å². The zero-order valence-corrected chi connectivity index (χ0v) is 17.6. The molecule has 1 saturated heterocycles. The number of aryl methyl sites for hydroxylation is 1. The number of hydrogen-bond acceptors (Lipinski definition) is 5. The Bertz CT molecular complexity index is 1080. The number of nitrogens with two attached hydrogens (primary N) is 1. The molecule has 0 bridgehead atoms. The predicted octanol–water partition coefficient (Wildman–Crippen LogP) is 3.85. The number of nitriles is 1. The van der Waals surface area contributed by atoms with Crippen LogP contribution in [-0.4, -0.2) is 17.3 Å². The van der Waals surface area contributed by atoms with E-state index in [1.165, 1.54) is 0 Å². The minimum absolute atomic E-state index is 0.0193. The summed E-state index contributed by atoms with van der Waals surface area (Å²) < 4.78 is 13.3. The monoisotopic (exact) mass is 425 g/mol. The molecular formula is C23H24ClN3O3. The second-order valence-corrected chi connectivity index (χ2v) is 8.13. The number of pyridine rings is 1. The van der Waals surface area contributed by atoms with Crippen LogP contribution in [0, 0.1) is 11.3 Å². The number of rotatable bonds is 5. The maximum Gasteiger partial charge on any atom is 0.258 e. The molecule has 2 unspecified atom stereocenters. The summed E-state index contributed by atoms with van der Waals surface area (Å²) in [6, 6.07) is 11.1. The Balaban J connectivity index is 1.91. The highest BCUT2D eigenvalue weighted by Crippen LogP contribution is 2.41. The largest absolute Gasteiger partial charge is 0.440 e. The average molecular weight is 426 g/mol. The smallest absolute Gasteiger partial charge is 0.258 e. The fraction of sp³-hybridized carbons (Fsp3) is 0.391. The lowest BCUT2D eigenvalue weighted by atomic mass is 9.84. The molecule has 2 aromatic rings. The number of benzene rings is 1. The van der Waals surface area contributed by atoms with Gasteiger partial charge in [0.1, 0.15) is 17.4 Å². The molecule has 2 N–H and O–H groups in total. The molecule has 0 spiro atoms. The third-order valence-corrected chi connectivity index (χ3v) is 5.94. The fourth-order valence-corrected chi connectivity index (χ4v) is 4.39. The molecule has 4 rings (SSSR count). The van der Waals surface area contributed by atoms with Crippen LogP contribution in [0.25, 0.3) is 0 Å². The van der Waals surface area contributed by atoms with Crippen LogP contribution in [0.3, 0.4) is 0 Å². The first-order chi connectivity index (χ1) is 14.5. The summed E-state index contributed by atoms with van der Waals surface area (Å²) in [4.78, 5) is 13.7. The van der Waals surface area contributed by atoms with Gasteiger partial charge in [0.25, 0.3) is 5.56 Å². The summed E-state index contributed by atoms with van der Waals surface area (Å²) in [5.74, 6) is -0.151. The lowest BCUT2D eigenvalue weighted by Gasteiger charge is -2.28. The Labute approximate surface area is 180 Å². The second-order valence-electron chi connectivity index (χ2n) is 7.69. The first kappa shape index (κ1) is 20.5. The number of halogens is 1. The third-order valence-electron chi connectivity index (χ3n) is 5.69. The van der Waals surface area contributed by atoms with Crippen LogP contribution in [0.1, 0.15) is 48.9 Å². The molecule has 0 amide bonds. The highest BCUT2D eigenvalue weighted by molar-refractivity contribution is 6.30. The molecule has 0 aliphatic carbocycles. The lowest BCUT2D eigenvalue weighted by molar-refractivity contribution is 0.0952. The van der Waals surface area contributed by atoms with Crippen molar-refractivity contribution in [2.45, 2.75) is 51.2 Å². The molecule has 2 aliphatic heterocycles. The van der Waals surface area contributed by atoms with E-state index in [2.05, 4.69) is 13.0 Å². The molecule has 1 aromatic heterocycles. The lowest BCUT2D eigenvalue weighted by Crippen LogP contribution is -2.35. The fourth-order valence-electron chi connectivity index (χ4n) is 4.26. The molecule has 7 heteroatoms. The molecule has 3 heterocycles. The predicted molar refractivity (Wildman–Crippen MR) is 114 cm³/mol. The zero-order valence-electron chi connectivity index (χ0n) is 16.9. The summed E-state index contributed by atoms with van der Waals surface area (Å²) in [6.07, 6.45) is 3.58. The minimum Gasteiger partial charge on any atom is -0.440 e. The second kappa shape index (κ2) is 8.55. The van der Waals surface area contributed by atoms with Gasteiger partial charge in [0.2, 0.25) is 5.88 Å². The molecule has 1 fully saturated rings. The van der Waals surface area contributed by atoms with Gasteiger partial charge in [0, 0.05) is 23.4 Å². The van der Waals surface area contributed by atoms with Gasteiger partial charge >= 0.3 is 0 Å². The van der Waals surface area contributed by atoms with Gasteiger partial charge in [-0.1, -0.05) is 37.1 Å². The maximum atomic E-state index is 13.7. The van der Waals surface area contributed by atoms with Crippen LogP contribution in [-0.2, 0) is 17.7 Å². The van der Waals surface area contributed by atoms with Crippen molar-refractivity contribution in [1.29, 1.82) is 5.26 Å². The van der Waals surface area contributed by atoms with Crippen LogP contribution >= 0.6 is 11.6 Å². The Morgan fingerprint density at radius 3 is 2.73 bits per heavy atom. The van der Waals surface area contributed by atoms with Crippen LogP contribution in [0.2, 0.25) is 5.02 Å². The van der Waals surface area contributed by atoms with Gasteiger partial charge in [0.05, 0.1) is 24.1 Å². The van der Waals surface area contributed by atoms with Gasteiger partial charge in [0.15, 0.2) is 0 Å². The van der Waals surface area contributed by atoms with Crippen LogP contribution in [0.15, 0.2) is 46.6 Å². The van der Waals surface area contributed by atoms with Crippen molar-refractivity contribution in [3.8, 4) is 11.8 Å². The van der Waals surface area contributed by atoms with Gasteiger partial charge in [-0.05, 0) is 37.0 Å². The van der Waals surface area contributed by atoms with E-state index < -0.39 is 5.92 Å². The van der Waals surface area contributed by atoms with E-state index in [-0.39, 0.29) is 23.1 Å². The number of ether oxygens (including phenoxy) is 2. The molecular weight excluding hydrogens is 402 g/mol. The van der Waals surface area contributed by atoms with E-state index >= 15 is 0 Å². The number of nitrogens with zero attached hydrogens (tertiary/aromatic N) is 2. The zero-order chi connectivity index (χ0) is 21.3. The molecule has 156 valence electrons. The first-order valence-corrected chi connectivity index (χ1v) is 10.6. The first-order valence-electron chi connectivity index (χ1n) is 10.2. The van der Waals surface area contributed by atoms with E-state index in [0.717, 1.165) is 43.5 Å². The number of fused-ring (bicyclic) bond motifs is 1. The van der Waals surface area contributed by atoms with E-state index in [1.54, 1.807) is 16.7 Å². The van der Waals surface area contributed by atoms with E-state index in [1.807, 2.05) is 18.2 Å². The van der Waals surface area contributed by atoms with Gasteiger partial charge in [-0.15, -0.1) is 0 Å². The Morgan fingerprint density at radius 1 is 1.33 bits per heavy atom. The average Bonchev–Trinajstić information content (AvgIpc) is 3.24. The van der Waals surface area contributed by atoms with Crippen LogP contribution < -0.4 is 16.0 Å². The van der Waals surface area contributed by atoms with Crippen molar-refractivity contribution < 1.29 is 9.47 Å². The van der Waals surface area contributed by atoms with E-state index in [9.17, 15) is 10.1 Å². The van der Waals surface area contributed by atoms with Crippen molar-refractivity contribution in [3.63, 3.8) is 0 Å². The molecule has 0 saturated carbocycles. The van der Waals surface area contributed by atoms with Crippen molar-refractivity contribution in [2.75, 3.05) is 6.61 Å². The van der Waals surface area contributed by atoms with Gasteiger partial charge in [-0.2, -0.15) is 5.26 Å². The minimum atomic E-state index is -0.602. The molecule has 2 aliphatic rings. The highest BCUT2D eigenvalue weighted by atomic mass is 35.5. The summed E-state index contributed by atoms with van der Waals surface area (Å²) >= 11 is 6.05. The van der Waals surface area contributed by atoms with E-state index in [0.29, 0.717) is 22.9 Å². The SMILES string of the molecule is CCCc1cc2c(c(=O)n1CC1CCCO1)C(c1ccc(Cl)cc1)C(C#N)=C(N)O2.